The monoisotopic (exact) mass is 446 g/mol. The van der Waals surface area contributed by atoms with Gasteiger partial charge in [-0.25, -0.2) is 8.42 Å². The van der Waals surface area contributed by atoms with Crippen LogP contribution in [0.15, 0.2) is 28.8 Å². The molecule has 0 aliphatic carbocycles. The van der Waals surface area contributed by atoms with Crippen LogP contribution in [-0.4, -0.2) is 61.4 Å². The molecule has 0 radical (unpaired) electrons. The fraction of sp³-hybridized carbons (Fsp3) is 0.412. The van der Waals surface area contributed by atoms with Crippen LogP contribution >= 0.6 is 23.2 Å². The Bertz CT molecular complexity index is 956. The Labute approximate surface area is 173 Å². The van der Waals surface area contributed by atoms with Gasteiger partial charge in [0, 0.05) is 32.2 Å². The zero-order chi connectivity index (χ0) is 20.3. The lowest BCUT2D eigenvalue weighted by Gasteiger charge is -2.33. The Morgan fingerprint density at radius 3 is 2.50 bits per heavy atom. The molecule has 1 amide bonds. The number of rotatable bonds is 6. The summed E-state index contributed by atoms with van der Waals surface area (Å²) in [6, 6.07) is 6.43. The smallest absolute Gasteiger partial charge is 0.239 e. The van der Waals surface area contributed by atoms with Crippen molar-refractivity contribution >= 4 is 45.0 Å². The number of sulfonamides is 1. The number of nitrogens with zero attached hydrogens (tertiary/aromatic N) is 3. The molecule has 152 valence electrons. The fourth-order valence-electron chi connectivity index (χ4n) is 2.91. The van der Waals surface area contributed by atoms with Crippen LogP contribution in [0.5, 0.6) is 0 Å². The Morgan fingerprint density at radius 1 is 1.18 bits per heavy atom. The van der Waals surface area contributed by atoms with E-state index in [0.29, 0.717) is 53.4 Å². The molecule has 1 aromatic carbocycles. The molecule has 0 saturated carbocycles. The summed E-state index contributed by atoms with van der Waals surface area (Å²) in [6.45, 7) is 3.46. The number of carbonyl (C=O) groups excluding carboxylic acids is 1. The molecule has 2 heterocycles. The first-order chi connectivity index (χ1) is 13.2. The third kappa shape index (κ3) is 5.45. The van der Waals surface area contributed by atoms with Crippen LogP contribution < -0.4 is 5.32 Å². The number of amides is 1. The van der Waals surface area contributed by atoms with Gasteiger partial charge >= 0.3 is 0 Å². The van der Waals surface area contributed by atoms with E-state index in [1.165, 1.54) is 4.31 Å². The normalized spacial score (nSPS) is 16.2. The summed E-state index contributed by atoms with van der Waals surface area (Å²) in [5, 5.41) is 7.08. The summed E-state index contributed by atoms with van der Waals surface area (Å²) in [5.74, 6) is 0.609. The van der Waals surface area contributed by atoms with Crippen LogP contribution in [0.2, 0.25) is 10.0 Å². The third-order valence-corrected chi connectivity index (χ3v) is 6.91. The predicted molar refractivity (Wildman–Crippen MR) is 107 cm³/mol. The number of piperazine rings is 1. The van der Waals surface area contributed by atoms with E-state index in [-0.39, 0.29) is 18.2 Å². The number of halogens is 2. The first-order valence-electron chi connectivity index (χ1n) is 8.60. The number of hydrogen-bond acceptors (Lipinski definition) is 6. The molecule has 1 aliphatic rings. The van der Waals surface area contributed by atoms with Crippen LogP contribution in [0.25, 0.3) is 0 Å². The van der Waals surface area contributed by atoms with E-state index >= 15 is 0 Å². The maximum Gasteiger partial charge on any atom is 0.239 e. The van der Waals surface area contributed by atoms with Crippen molar-refractivity contribution in [1.29, 1.82) is 0 Å². The van der Waals surface area contributed by atoms with Crippen molar-refractivity contribution in [3.8, 4) is 0 Å². The standard InChI is InChI=1S/C17H20Cl2N4O4S/c1-12-8-16(21-27-12)20-17(24)10-22-4-6-23(7-5-22)28(25,26)11-13-2-3-14(18)15(19)9-13/h2-3,8-9H,4-7,10-11H2,1H3,(H,20,21,24). The number of aromatic nitrogens is 1. The van der Waals surface area contributed by atoms with Crippen molar-refractivity contribution in [2.75, 3.05) is 38.0 Å². The molecule has 8 nitrogen and oxygen atoms in total. The molecular weight excluding hydrogens is 427 g/mol. The molecular formula is C17H20Cl2N4O4S. The van der Waals surface area contributed by atoms with E-state index in [1.807, 2.05) is 4.90 Å². The molecule has 1 saturated heterocycles. The number of aryl methyl sites for hydroxylation is 1. The SMILES string of the molecule is Cc1cc(NC(=O)CN2CCN(S(=O)(=O)Cc3ccc(Cl)c(Cl)c3)CC2)no1. The van der Waals surface area contributed by atoms with E-state index in [9.17, 15) is 13.2 Å². The van der Waals surface area contributed by atoms with Crippen LogP contribution in [0.1, 0.15) is 11.3 Å². The maximum atomic E-state index is 12.7. The summed E-state index contributed by atoms with van der Waals surface area (Å²) < 4.78 is 31.7. The van der Waals surface area contributed by atoms with Crippen LogP contribution in [0.3, 0.4) is 0 Å². The third-order valence-electron chi connectivity index (χ3n) is 4.32. The molecule has 11 heteroatoms. The predicted octanol–water partition coefficient (Wildman–Crippen LogP) is 2.38. The van der Waals surface area contributed by atoms with E-state index < -0.39 is 10.0 Å². The van der Waals surface area contributed by atoms with Gasteiger partial charge in [-0.05, 0) is 24.6 Å². The van der Waals surface area contributed by atoms with Crippen LogP contribution in [0, 0.1) is 6.92 Å². The lowest BCUT2D eigenvalue weighted by atomic mass is 10.2. The largest absolute Gasteiger partial charge is 0.360 e. The van der Waals surface area contributed by atoms with Crippen molar-refractivity contribution < 1.29 is 17.7 Å². The topological polar surface area (TPSA) is 95.8 Å². The van der Waals surface area contributed by atoms with Gasteiger partial charge in [-0.15, -0.1) is 0 Å². The van der Waals surface area contributed by atoms with E-state index in [0.717, 1.165) is 0 Å². The van der Waals surface area contributed by atoms with Gasteiger partial charge in [-0.1, -0.05) is 34.4 Å². The van der Waals surface area contributed by atoms with Gasteiger partial charge in [-0.3, -0.25) is 9.69 Å². The highest BCUT2D eigenvalue weighted by atomic mass is 35.5. The lowest BCUT2D eigenvalue weighted by Crippen LogP contribution is -2.50. The number of benzene rings is 1. The Morgan fingerprint density at radius 2 is 1.89 bits per heavy atom. The molecule has 1 fully saturated rings. The highest BCUT2D eigenvalue weighted by Crippen LogP contribution is 2.24. The van der Waals surface area contributed by atoms with E-state index in [4.69, 9.17) is 27.7 Å². The second-order valence-electron chi connectivity index (χ2n) is 6.55. The average molecular weight is 447 g/mol. The molecule has 1 aliphatic heterocycles. The van der Waals surface area contributed by atoms with Gasteiger partial charge in [0.25, 0.3) is 0 Å². The molecule has 0 unspecified atom stereocenters. The molecule has 28 heavy (non-hydrogen) atoms. The Balaban J connectivity index is 1.51. The molecule has 0 spiro atoms. The zero-order valence-corrected chi connectivity index (χ0v) is 17.5. The Kier molecular flexibility index (Phi) is 6.61. The highest BCUT2D eigenvalue weighted by Gasteiger charge is 2.28. The first kappa shape index (κ1) is 21.1. The molecule has 0 atom stereocenters. The second kappa shape index (κ2) is 8.79. The van der Waals surface area contributed by atoms with Gasteiger partial charge in [0.1, 0.15) is 5.76 Å². The van der Waals surface area contributed by atoms with Crippen molar-refractivity contribution in [3.05, 3.63) is 45.6 Å². The highest BCUT2D eigenvalue weighted by molar-refractivity contribution is 7.88. The van der Waals surface area contributed by atoms with Gasteiger partial charge in [0.2, 0.25) is 15.9 Å². The van der Waals surface area contributed by atoms with Crippen LogP contribution in [0.4, 0.5) is 5.82 Å². The Hall–Kier alpha value is -1.65. The summed E-state index contributed by atoms with van der Waals surface area (Å²) in [6.07, 6.45) is 0. The maximum absolute atomic E-state index is 12.7. The zero-order valence-electron chi connectivity index (χ0n) is 15.2. The summed E-state index contributed by atoms with van der Waals surface area (Å²) >= 11 is 11.8. The van der Waals surface area contributed by atoms with Crippen molar-refractivity contribution in [2.45, 2.75) is 12.7 Å². The summed E-state index contributed by atoms with van der Waals surface area (Å²) in [4.78, 5) is 14.0. The molecule has 0 bridgehead atoms. The molecule has 3 rings (SSSR count). The molecule has 1 aromatic heterocycles. The number of carbonyl (C=O) groups is 1. The number of nitrogens with one attached hydrogen (secondary N) is 1. The average Bonchev–Trinajstić information content (AvgIpc) is 3.03. The minimum Gasteiger partial charge on any atom is -0.360 e. The van der Waals surface area contributed by atoms with Gasteiger partial charge in [0.15, 0.2) is 5.82 Å². The van der Waals surface area contributed by atoms with Crippen molar-refractivity contribution in [3.63, 3.8) is 0 Å². The number of hydrogen-bond donors (Lipinski definition) is 1. The lowest BCUT2D eigenvalue weighted by molar-refractivity contribution is -0.117. The minimum absolute atomic E-state index is 0.143. The first-order valence-corrected chi connectivity index (χ1v) is 11.0. The van der Waals surface area contributed by atoms with Crippen molar-refractivity contribution in [1.82, 2.24) is 14.4 Å². The van der Waals surface area contributed by atoms with Gasteiger partial charge < -0.3 is 9.84 Å². The van der Waals surface area contributed by atoms with Crippen molar-refractivity contribution in [2.24, 2.45) is 0 Å². The molecule has 2 aromatic rings. The second-order valence-corrected chi connectivity index (χ2v) is 9.33. The minimum atomic E-state index is -3.48. The van der Waals surface area contributed by atoms with E-state index in [1.54, 1.807) is 31.2 Å². The summed E-state index contributed by atoms with van der Waals surface area (Å²) in [5.41, 5.74) is 0.583. The van der Waals surface area contributed by atoms with E-state index in [2.05, 4.69) is 10.5 Å². The van der Waals surface area contributed by atoms with Crippen LogP contribution in [-0.2, 0) is 20.6 Å². The fourth-order valence-corrected chi connectivity index (χ4v) is 4.73. The van der Waals surface area contributed by atoms with Gasteiger partial charge in [0.05, 0.1) is 22.3 Å². The van der Waals surface area contributed by atoms with Gasteiger partial charge in [-0.2, -0.15) is 4.31 Å². The number of anilines is 1. The quantitative estimate of drug-likeness (QED) is 0.731. The summed E-state index contributed by atoms with van der Waals surface area (Å²) in [7, 11) is -3.48. The molecule has 1 N–H and O–H groups in total.